The summed E-state index contributed by atoms with van der Waals surface area (Å²) in [7, 11) is 3.00. The SMILES string of the molecule is CO.CO.CO.[Cr+3].[O-]c1ccccc1-c1ncc[nH]1.[O-]c1ccccc1-c1ncc[nH]1.[O-]c1ccccc1-c1ncc[nH]1. The third-order valence-corrected chi connectivity index (χ3v) is 4.92. The molecule has 0 amide bonds. The topological polar surface area (TPSA) is 216 Å². The summed E-state index contributed by atoms with van der Waals surface area (Å²) in [6.45, 7) is 0. The van der Waals surface area contributed by atoms with E-state index in [-0.39, 0.29) is 34.6 Å². The van der Waals surface area contributed by atoms with Crippen LogP contribution in [0.2, 0.25) is 0 Å². The molecule has 6 rings (SSSR count). The van der Waals surface area contributed by atoms with Gasteiger partial charge in [0.1, 0.15) is 17.5 Å². The van der Waals surface area contributed by atoms with Crippen molar-refractivity contribution in [3.63, 3.8) is 0 Å². The van der Waals surface area contributed by atoms with Crippen molar-refractivity contribution >= 4 is 0 Å². The minimum absolute atomic E-state index is 0. The Bertz CT molecular complexity index is 1300. The van der Waals surface area contributed by atoms with Gasteiger partial charge in [0.2, 0.25) is 0 Å². The molecule has 0 spiro atoms. The number of aromatic nitrogens is 6. The third kappa shape index (κ3) is 12.2. The fourth-order valence-electron chi connectivity index (χ4n) is 3.22. The Morgan fingerprint density at radius 3 is 0.860 bits per heavy atom. The molecule has 0 unspecified atom stereocenters. The molecular formula is C30H33CrN6O6. The van der Waals surface area contributed by atoms with Crippen molar-refractivity contribution in [3.8, 4) is 51.4 Å². The van der Waals surface area contributed by atoms with E-state index in [0.717, 1.165) is 21.3 Å². The normalized spacial score (nSPS) is 8.79. The first-order chi connectivity index (χ1) is 20.6. The summed E-state index contributed by atoms with van der Waals surface area (Å²) >= 11 is 0. The summed E-state index contributed by atoms with van der Waals surface area (Å²) in [5, 5.41) is 54.8. The van der Waals surface area contributed by atoms with Crippen LogP contribution < -0.4 is 15.3 Å². The summed E-state index contributed by atoms with van der Waals surface area (Å²) < 4.78 is 0. The number of hydrogen-bond donors (Lipinski definition) is 6. The van der Waals surface area contributed by atoms with Crippen LogP contribution in [0.1, 0.15) is 0 Å². The van der Waals surface area contributed by atoms with E-state index in [0.29, 0.717) is 34.2 Å². The van der Waals surface area contributed by atoms with Gasteiger partial charge in [-0.25, -0.2) is 15.0 Å². The van der Waals surface area contributed by atoms with Gasteiger partial charge in [0.25, 0.3) is 0 Å². The monoisotopic (exact) mass is 625 g/mol. The maximum Gasteiger partial charge on any atom is 3.00 e. The van der Waals surface area contributed by atoms with Crippen molar-refractivity contribution in [3.05, 3.63) is 110 Å². The number of hydrogen-bond acceptors (Lipinski definition) is 9. The molecule has 0 atom stereocenters. The van der Waals surface area contributed by atoms with Gasteiger partial charge >= 0.3 is 17.4 Å². The second-order valence-corrected chi connectivity index (χ2v) is 7.30. The Hall–Kier alpha value is -4.90. The fraction of sp³-hybridized carbons (Fsp3) is 0.100. The molecule has 0 saturated heterocycles. The summed E-state index contributed by atoms with van der Waals surface area (Å²) in [6.07, 6.45) is 9.97. The number of nitrogens with zero attached hydrogens (tertiary/aromatic N) is 3. The molecule has 3 aromatic carbocycles. The minimum Gasteiger partial charge on any atom is -0.872 e. The van der Waals surface area contributed by atoms with Crippen molar-refractivity contribution in [2.45, 2.75) is 0 Å². The van der Waals surface area contributed by atoms with E-state index in [2.05, 4.69) is 29.9 Å². The maximum atomic E-state index is 11.3. The zero-order chi connectivity index (χ0) is 31.2. The second kappa shape index (κ2) is 22.8. The van der Waals surface area contributed by atoms with Crippen LogP contribution in [0.4, 0.5) is 0 Å². The fourth-order valence-corrected chi connectivity index (χ4v) is 3.22. The van der Waals surface area contributed by atoms with Gasteiger partial charge in [0.15, 0.2) is 0 Å². The molecule has 6 aromatic rings. The van der Waals surface area contributed by atoms with Gasteiger partial charge in [0, 0.05) is 75.2 Å². The van der Waals surface area contributed by atoms with Gasteiger partial charge < -0.3 is 45.6 Å². The number of aliphatic hydroxyl groups excluding tert-OH is 3. The summed E-state index contributed by atoms with van der Waals surface area (Å²) in [5.41, 5.74) is 1.84. The van der Waals surface area contributed by atoms with Gasteiger partial charge in [-0.05, 0) is 0 Å². The number of para-hydroxylation sites is 3. The Balaban J connectivity index is 0.000000559. The smallest absolute Gasteiger partial charge is 0.872 e. The quantitative estimate of drug-likeness (QED) is 0.170. The van der Waals surface area contributed by atoms with Crippen molar-refractivity contribution in [1.82, 2.24) is 29.9 Å². The predicted molar refractivity (Wildman–Crippen MR) is 155 cm³/mol. The van der Waals surface area contributed by atoms with Crippen molar-refractivity contribution < 1.29 is 48.0 Å². The van der Waals surface area contributed by atoms with Gasteiger partial charge in [0.05, 0.1) is 0 Å². The molecule has 225 valence electrons. The molecular weight excluding hydrogens is 592 g/mol. The van der Waals surface area contributed by atoms with Gasteiger partial charge in [-0.15, -0.1) is 0 Å². The maximum absolute atomic E-state index is 11.3. The first-order valence-electron chi connectivity index (χ1n) is 12.2. The third-order valence-electron chi connectivity index (χ3n) is 4.92. The Kier molecular flexibility index (Phi) is 20.2. The molecule has 0 fully saturated rings. The Labute approximate surface area is 260 Å². The predicted octanol–water partition coefficient (Wildman–Crippen LogP) is 2.27. The number of benzene rings is 3. The van der Waals surface area contributed by atoms with Crippen LogP contribution in [0.3, 0.4) is 0 Å². The van der Waals surface area contributed by atoms with Crippen LogP contribution in [0.25, 0.3) is 34.2 Å². The molecule has 0 saturated carbocycles. The van der Waals surface area contributed by atoms with Gasteiger partial charge in [-0.1, -0.05) is 90.0 Å². The number of imidazole rings is 3. The van der Waals surface area contributed by atoms with Gasteiger partial charge in [-0.3, -0.25) is 0 Å². The molecule has 6 N–H and O–H groups in total. The summed E-state index contributed by atoms with van der Waals surface area (Å²) in [4.78, 5) is 20.6. The van der Waals surface area contributed by atoms with Crippen LogP contribution in [-0.2, 0) is 17.4 Å². The van der Waals surface area contributed by atoms with Crippen molar-refractivity contribution in [1.29, 1.82) is 0 Å². The van der Waals surface area contributed by atoms with Crippen molar-refractivity contribution in [2.24, 2.45) is 0 Å². The number of aliphatic hydroxyl groups is 3. The van der Waals surface area contributed by atoms with Gasteiger partial charge in [-0.2, -0.15) is 0 Å². The van der Waals surface area contributed by atoms with E-state index in [1.165, 1.54) is 18.2 Å². The molecule has 0 aliphatic rings. The molecule has 3 aromatic heterocycles. The Morgan fingerprint density at radius 2 is 0.674 bits per heavy atom. The van der Waals surface area contributed by atoms with E-state index in [9.17, 15) is 15.3 Å². The minimum atomic E-state index is -0.00699. The van der Waals surface area contributed by atoms with E-state index < -0.39 is 0 Å². The van der Waals surface area contributed by atoms with Crippen LogP contribution in [0, 0.1) is 0 Å². The summed E-state index contributed by atoms with van der Waals surface area (Å²) in [5.74, 6) is 1.86. The molecule has 0 aliphatic heterocycles. The number of rotatable bonds is 3. The molecule has 43 heavy (non-hydrogen) atoms. The molecule has 0 bridgehead atoms. The number of nitrogens with one attached hydrogen (secondary N) is 3. The van der Waals surface area contributed by atoms with E-state index in [1.807, 2.05) is 18.2 Å². The average Bonchev–Trinajstić information content (AvgIpc) is 3.86. The van der Waals surface area contributed by atoms with Crippen LogP contribution >= 0.6 is 0 Å². The number of H-pyrrole nitrogens is 3. The van der Waals surface area contributed by atoms with E-state index in [1.54, 1.807) is 73.6 Å². The van der Waals surface area contributed by atoms with E-state index in [4.69, 9.17) is 15.3 Å². The standard InChI is InChI=1S/3C9H8N2O.3CH4O.Cr/c3*12-8-4-2-1-3-7(8)9-10-5-6-11-9;3*1-2;/h3*1-6,12H,(H,10,11);3*2H,1H3;/q;;;;;;+3/p-3. The van der Waals surface area contributed by atoms with Crippen LogP contribution in [-0.4, -0.2) is 66.6 Å². The second-order valence-electron chi connectivity index (χ2n) is 7.30. The summed E-state index contributed by atoms with van der Waals surface area (Å²) in [6, 6.07) is 20.4. The Morgan fingerprint density at radius 1 is 0.442 bits per heavy atom. The first kappa shape index (κ1) is 38.1. The van der Waals surface area contributed by atoms with Crippen molar-refractivity contribution in [2.75, 3.05) is 21.3 Å². The molecule has 0 aliphatic carbocycles. The zero-order valence-electron chi connectivity index (χ0n) is 23.7. The molecule has 12 nitrogen and oxygen atoms in total. The molecule has 1 radical (unpaired) electrons. The molecule has 3 heterocycles. The molecule has 13 heteroatoms. The largest absolute Gasteiger partial charge is 3.00 e. The number of aromatic amines is 3. The average molecular weight is 626 g/mol. The first-order valence-corrected chi connectivity index (χ1v) is 12.2. The van der Waals surface area contributed by atoms with Crippen LogP contribution in [0.15, 0.2) is 110 Å². The van der Waals surface area contributed by atoms with E-state index >= 15 is 0 Å². The zero-order valence-corrected chi connectivity index (χ0v) is 25.0. The van der Waals surface area contributed by atoms with Crippen LogP contribution in [0.5, 0.6) is 17.2 Å².